The molecule has 0 radical (unpaired) electrons. The monoisotopic (exact) mass is 303 g/mol. The summed E-state index contributed by atoms with van der Waals surface area (Å²) in [6, 6.07) is 22.7. The van der Waals surface area contributed by atoms with Gasteiger partial charge in [-0.3, -0.25) is 5.41 Å². The Morgan fingerprint density at radius 2 is 1.52 bits per heavy atom. The van der Waals surface area contributed by atoms with E-state index in [1.807, 2.05) is 54.2 Å². The number of aryl methyl sites for hydroxylation is 1. The number of guanidine groups is 1. The minimum absolute atomic E-state index is 0.437. The molecule has 3 aromatic rings. The molecule has 0 heterocycles. The summed E-state index contributed by atoms with van der Waals surface area (Å²) in [5, 5.41) is 10.9. The van der Waals surface area contributed by atoms with Gasteiger partial charge in [0.25, 0.3) is 0 Å². The first-order chi connectivity index (χ1) is 11.1. The van der Waals surface area contributed by atoms with E-state index in [9.17, 15) is 0 Å². The Kier molecular flexibility index (Phi) is 4.02. The van der Waals surface area contributed by atoms with Crippen LogP contribution in [0.1, 0.15) is 5.56 Å². The second kappa shape index (κ2) is 6.13. The second-order valence-corrected chi connectivity index (χ2v) is 5.78. The molecule has 0 spiro atoms. The van der Waals surface area contributed by atoms with Gasteiger partial charge in [-0.25, -0.2) is 0 Å². The van der Waals surface area contributed by atoms with Crippen LogP contribution < -0.4 is 9.80 Å². The van der Waals surface area contributed by atoms with Crippen molar-refractivity contribution < 1.29 is 0 Å². The van der Waals surface area contributed by atoms with Crippen LogP contribution in [-0.4, -0.2) is 20.1 Å². The molecule has 0 saturated carbocycles. The quantitative estimate of drug-likeness (QED) is 0.551. The summed E-state index contributed by atoms with van der Waals surface area (Å²) in [5.74, 6) is 0.437. The molecule has 3 nitrogen and oxygen atoms in total. The van der Waals surface area contributed by atoms with Gasteiger partial charge in [0.1, 0.15) is 0 Å². The summed E-state index contributed by atoms with van der Waals surface area (Å²) in [7, 11) is 3.87. The Balaban J connectivity index is 1.95. The first-order valence-corrected chi connectivity index (χ1v) is 7.68. The van der Waals surface area contributed by atoms with Crippen LogP contribution in [0.15, 0.2) is 66.7 Å². The lowest BCUT2D eigenvalue weighted by molar-refractivity contribution is 1.12. The van der Waals surface area contributed by atoms with Gasteiger partial charge in [0.2, 0.25) is 5.96 Å². The highest BCUT2D eigenvalue weighted by Crippen LogP contribution is 2.27. The third-order valence-electron chi connectivity index (χ3n) is 4.15. The second-order valence-electron chi connectivity index (χ2n) is 5.78. The summed E-state index contributed by atoms with van der Waals surface area (Å²) in [6.45, 7) is 2.06. The summed E-state index contributed by atoms with van der Waals surface area (Å²) < 4.78 is 0. The number of nitrogens with one attached hydrogen (secondary N) is 1. The lowest BCUT2D eigenvalue weighted by Crippen LogP contribution is -2.39. The molecule has 116 valence electrons. The smallest absolute Gasteiger partial charge is 0.202 e. The standard InChI is InChI=1S/C20H21N3/c1-15-8-6-11-17(14-15)22(2)20(21)23(3)19-13-7-10-16-9-4-5-12-18(16)19/h4-14,21H,1-3H3. The summed E-state index contributed by atoms with van der Waals surface area (Å²) in [4.78, 5) is 3.82. The van der Waals surface area contributed by atoms with Crippen LogP contribution in [0.3, 0.4) is 0 Å². The van der Waals surface area contributed by atoms with Gasteiger partial charge >= 0.3 is 0 Å². The van der Waals surface area contributed by atoms with Crippen molar-refractivity contribution in [2.75, 3.05) is 23.9 Å². The van der Waals surface area contributed by atoms with Gasteiger partial charge in [-0.05, 0) is 36.1 Å². The largest absolute Gasteiger partial charge is 0.316 e. The number of hydrogen-bond acceptors (Lipinski definition) is 1. The van der Waals surface area contributed by atoms with Crippen molar-refractivity contribution in [1.82, 2.24) is 0 Å². The van der Waals surface area contributed by atoms with Gasteiger partial charge in [-0.15, -0.1) is 0 Å². The van der Waals surface area contributed by atoms with E-state index in [0.717, 1.165) is 16.8 Å². The van der Waals surface area contributed by atoms with Crippen LogP contribution in [0.5, 0.6) is 0 Å². The highest BCUT2D eigenvalue weighted by molar-refractivity contribution is 6.09. The molecule has 3 heteroatoms. The average Bonchev–Trinajstić information content (AvgIpc) is 2.59. The Bertz CT molecular complexity index is 849. The maximum atomic E-state index is 8.57. The van der Waals surface area contributed by atoms with E-state index in [0.29, 0.717) is 5.96 Å². The van der Waals surface area contributed by atoms with Gasteiger partial charge in [-0.2, -0.15) is 0 Å². The van der Waals surface area contributed by atoms with Crippen molar-refractivity contribution in [3.63, 3.8) is 0 Å². The van der Waals surface area contributed by atoms with Crippen LogP contribution >= 0.6 is 0 Å². The minimum atomic E-state index is 0.437. The first kappa shape index (κ1) is 15.1. The van der Waals surface area contributed by atoms with Crippen molar-refractivity contribution in [3.05, 3.63) is 72.3 Å². The molecule has 0 aliphatic heterocycles. The Morgan fingerprint density at radius 1 is 0.826 bits per heavy atom. The molecule has 0 aliphatic rings. The molecule has 0 saturated heterocycles. The number of fused-ring (bicyclic) bond motifs is 1. The molecular formula is C20H21N3. The van der Waals surface area contributed by atoms with Crippen molar-refractivity contribution in [3.8, 4) is 0 Å². The van der Waals surface area contributed by atoms with Crippen molar-refractivity contribution in [2.24, 2.45) is 0 Å². The molecule has 0 fully saturated rings. The van der Waals surface area contributed by atoms with Gasteiger partial charge in [0.05, 0.1) is 5.69 Å². The third kappa shape index (κ3) is 2.90. The van der Waals surface area contributed by atoms with E-state index in [1.54, 1.807) is 0 Å². The molecule has 3 rings (SSSR count). The van der Waals surface area contributed by atoms with Gasteiger partial charge in [0.15, 0.2) is 0 Å². The van der Waals surface area contributed by atoms with Crippen LogP contribution in [0.2, 0.25) is 0 Å². The molecular weight excluding hydrogens is 282 g/mol. The Hall–Kier alpha value is -2.81. The first-order valence-electron chi connectivity index (χ1n) is 7.68. The lowest BCUT2D eigenvalue weighted by Gasteiger charge is -2.29. The van der Waals surface area contributed by atoms with E-state index in [1.165, 1.54) is 10.9 Å². The van der Waals surface area contributed by atoms with Crippen molar-refractivity contribution in [2.45, 2.75) is 6.92 Å². The maximum absolute atomic E-state index is 8.57. The van der Waals surface area contributed by atoms with Crippen molar-refractivity contribution >= 4 is 28.1 Å². The lowest BCUT2D eigenvalue weighted by atomic mass is 10.1. The van der Waals surface area contributed by atoms with Crippen LogP contribution in [0.25, 0.3) is 10.8 Å². The van der Waals surface area contributed by atoms with Crippen molar-refractivity contribution in [1.29, 1.82) is 5.41 Å². The zero-order valence-corrected chi connectivity index (χ0v) is 13.7. The number of benzene rings is 3. The highest BCUT2D eigenvalue weighted by atomic mass is 15.3. The number of nitrogens with zero attached hydrogens (tertiary/aromatic N) is 2. The fraction of sp³-hybridized carbons (Fsp3) is 0.150. The molecule has 0 aromatic heterocycles. The van der Waals surface area contributed by atoms with E-state index in [-0.39, 0.29) is 0 Å². The molecule has 3 aromatic carbocycles. The van der Waals surface area contributed by atoms with Crippen LogP contribution in [0.4, 0.5) is 11.4 Å². The molecule has 0 bridgehead atoms. The molecule has 0 amide bonds. The van der Waals surface area contributed by atoms with Crippen LogP contribution in [-0.2, 0) is 0 Å². The van der Waals surface area contributed by atoms with Gasteiger partial charge in [0, 0.05) is 25.2 Å². The number of rotatable bonds is 2. The zero-order valence-electron chi connectivity index (χ0n) is 13.7. The highest BCUT2D eigenvalue weighted by Gasteiger charge is 2.15. The average molecular weight is 303 g/mol. The summed E-state index contributed by atoms with van der Waals surface area (Å²) in [5.41, 5.74) is 3.24. The molecule has 0 atom stereocenters. The fourth-order valence-electron chi connectivity index (χ4n) is 2.80. The predicted molar refractivity (Wildman–Crippen MR) is 99.7 cm³/mol. The normalized spacial score (nSPS) is 10.6. The number of anilines is 2. The minimum Gasteiger partial charge on any atom is -0.316 e. The van der Waals surface area contributed by atoms with E-state index in [4.69, 9.17) is 5.41 Å². The van der Waals surface area contributed by atoms with E-state index >= 15 is 0 Å². The predicted octanol–water partition coefficient (Wildman–Crippen LogP) is 4.66. The zero-order chi connectivity index (χ0) is 16.4. The SMILES string of the molecule is Cc1cccc(N(C)C(=N)N(C)c2cccc3ccccc23)c1. The van der Waals surface area contributed by atoms with Gasteiger partial charge in [-0.1, -0.05) is 48.5 Å². The summed E-state index contributed by atoms with van der Waals surface area (Å²) in [6.07, 6.45) is 0. The molecule has 0 aliphatic carbocycles. The Labute approximate surface area is 137 Å². The van der Waals surface area contributed by atoms with E-state index < -0.39 is 0 Å². The Morgan fingerprint density at radius 3 is 2.30 bits per heavy atom. The van der Waals surface area contributed by atoms with Gasteiger partial charge < -0.3 is 9.80 Å². The number of hydrogen-bond donors (Lipinski definition) is 1. The van der Waals surface area contributed by atoms with E-state index in [2.05, 4.69) is 43.3 Å². The molecule has 1 N–H and O–H groups in total. The fourth-order valence-corrected chi connectivity index (χ4v) is 2.80. The molecule has 0 unspecified atom stereocenters. The third-order valence-corrected chi connectivity index (χ3v) is 4.15. The molecule has 23 heavy (non-hydrogen) atoms. The summed E-state index contributed by atoms with van der Waals surface area (Å²) >= 11 is 0. The maximum Gasteiger partial charge on any atom is 0.202 e. The van der Waals surface area contributed by atoms with Crippen LogP contribution in [0, 0.1) is 12.3 Å². The topological polar surface area (TPSA) is 30.3 Å².